The Morgan fingerprint density at radius 3 is 2.29 bits per heavy atom. The van der Waals surface area contributed by atoms with E-state index in [-0.39, 0.29) is 11.5 Å². The van der Waals surface area contributed by atoms with Crippen molar-refractivity contribution in [2.75, 3.05) is 12.9 Å². The van der Waals surface area contributed by atoms with E-state index >= 15 is 0 Å². The van der Waals surface area contributed by atoms with Crippen LogP contribution in [0.5, 0.6) is 5.75 Å². The number of carbonyl (C=O) groups is 2. The highest BCUT2D eigenvalue weighted by atomic mass is 79.9. The molecule has 2 rings (SSSR count). The third-order valence-corrected chi connectivity index (χ3v) is 4.74. The minimum absolute atomic E-state index is 0.143. The molecule has 4 nitrogen and oxygen atoms in total. The van der Waals surface area contributed by atoms with Gasteiger partial charge in [0.1, 0.15) is 5.75 Å². The molecule has 2 aromatic rings. The molecule has 0 radical (unpaired) electrons. The third kappa shape index (κ3) is 5.39. The van der Waals surface area contributed by atoms with Gasteiger partial charge in [0.15, 0.2) is 6.10 Å². The van der Waals surface area contributed by atoms with Crippen molar-refractivity contribution in [2.45, 2.75) is 17.9 Å². The first-order chi connectivity index (χ1) is 11.5. The van der Waals surface area contributed by atoms with Crippen molar-refractivity contribution in [1.29, 1.82) is 0 Å². The molecule has 0 bridgehead atoms. The number of hydrogen-bond acceptors (Lipinski definition) is 5. The zero-order valence-corrected chi connectivity index (χ0v) is 15.7. The molecule has 0 fully saturated rings. The van der Waals surface area contributed by atoms with E-state index in [4.69, 9.17) is 9.47 Å². The molecule has 6 heteroatoms. The van der Waals surface area contributed by atoms with Crippen LogP contribution in [-0.2, 0) is 9.53 Å². The lowest BCUT2D eigenvalue weighted by molar-refractivity contribution is -0.143. The fourth-order valence-electron chi connectivity index (χ4n) is 1.95. The van der Waals surface area contributed by atoms with Gasteiger partial charge >= 0.3 is 5.97 Å². The van der Waals surface area contributed by atoms with E-state index in [1.807, 2.05) is 24.3 Å². The molecule has 0 aromatic heterocycles. The van der Waals surface area contributed by atoms with Gasteiger partial charge in [-0.1, -0.05) is 28.1 Å². The molecule has 0 aliphatic heterocycles. The number of benzene rings is 2. The first kappa shape index (κ1) is 18.5. The second-order valence-electron chi connectivity index (χ2n) is 4.97. The van der Waals surface area contributed by atoms with E-state index in [2.05, 4.69) is 15.9 Å². The number of rotatable bonds is 7. The Balaban J connectivity index is 1.84. The number of halogens is 1. The number of hydrogen-bond donors (Lipinski definition) is 0. The normalized spacial score (nSPS) is 11.6. The maximum atomic E-state index is 12.2. The van der Waals surface area contributed by atoms with Crippen LogP contribution in [0.2, 0.25) is 0 Å². The monoisotopic (exact) mass is 408 g/mol. The zero-order chi connectivity index (χ0) is 17.5. The number of Topliss-reactive ketones (excluding diaryl/α,β-unsaturated/α-hetero) is 1. The lowest BCUT2D eigenvalue weighted by Crippen LogP contribution is -2.25. The van der Waals surface area contributed by atoms with Crippen LogP contribution in [0, 0.1) is 0 Å². The number of esters is 1. The number of thioether (sulfide) groups is 1. The summed E-state index contributed by atoms with van der Waals surface area (Å²) in [6, 6.07) is 14.3. The van der Waals surface area contributed by atoms with Crippen molar-refractivity contribution in [2.24, 2.45) is 0 Å². The van der Waals surface area contributed by atoms with Crippen LogP contribution in [-0.4, -0.2) is 30.7 Å². The van der Waals surface area contributed by atoms with E-state index in [1.54, 1.807) is 38.3 Å². The van der Waals surface area contributed by atoms with Gasteiger partial charge in [-0.2, -0.15) is 0 Å². The maximum absolute atomic E-state index is 12.2. The third-order valence-electron chi connectivity index (χ3n) is 3.22. The highest BCUT2D eigenvalue weighted by Crippen LogP contribution is 2.21. The molecule has 0 unspecified atom stereocenters. The topological polar surface area (TPSA) is 52.6 Å². The van der Waals surface area contributed by atoms with Gasteiger partial charge < -0.3 is 9.47 Å². The maximum Gasteiger partial charge on any atom is 0.316 e. The lowest BCUT2D eigenvalue weighted by atomic mass is 10.1. The predicted molar refractivity (Wildman–Crippen MR) is 97.7 cm³/mol. The molecule has 0 aliphatic carbocycles. The highest BCUT2D eigenvalue weighted by Gasteiger charge is 2.19. The summed E-state index contributed by atoms with van der Waals surface area (Å²) in [7, 11) is 1.60. The van der Waals surface area contributed by atoms with E-state index in [9.17, 15) is 9.59 Å². The fraction of sp³-hybridized carbons (Fsp3) is 0.222. The van der Waals surface area contributed by atoms with Gasteiger partial charge in [0.25, 0.3) is 0 Å². The van der Waals surface area contributed by atoms with Gasteiger partial charge in [-0.05, 0) is 43.3 Å². The van der Waals surface area contributed by atoms with Crippen LogP contribution >= 0.6 is 27.7 Å². The van der Waals surface area contributed by atoms with Crippen molar-refractivity contribution in [3.8, 4) is 5.75 Å². The SMILES string of the molecule is COc1ccc(SCC(=O)O[C@@H](C)C(=O)c2ccc(Br)cc2)cc1. The van der Waals surface area contributed by atoms with Gasteiger partial charge in [-0.15, -0.1) is 11.8 Å². The molecule has 0 aliphatic rings. The van der Waals surface area contributed by atoms with Gasteiger partial charge in [0.2, 0.25) is 5.78 Å². The second-order valence-corrected chi connectivity index (χ2v) is 6.93. The fourth-order valence-corrected chi connectivity index (χ4v) is 2.89. The standard InChI is InChI=1S/C18H17BrO4S/c1-12(18(21)13-3-5-14(19)6-4-13)23-17(20)11-24-16-9-7-15(22-2)8-10-16/h3-10,12H,11H2,1-2H3/t12-/m0/s1. The molecule has 126 valence electrons. The van der Waals surface area contributed by atoms with Crippen LogP contribution in [0.25, 0.3) is 0 Å². The molecule has 0 saturated carbocycles. The summed E-state index contributed by atoms with van der Waals surface area (Å²) in [6.07, 6.45) is -0.810. The first-order valence-corrected chi connectivity index (χ1v) is 9.03. The molecule has 0 amide bonds. The number of ketones is 1. The Morgan fingerprint density at radius 2 is 1.71 bits per heavy atom. The van der Waals surface area contributed by atoms with Gasteiger partial charge in [0, 0.05) is 14.9 Å². The molecule has 0 saturated heterocycles. The summed E-state index contributed by atoms with van der Waals surface area (Å²) in [6.45, 7) is 1.58. The smallest absolute Gasteiger partial charge is 0.316 e. The van der Waals surface area contributed by atoms with Crippen molar-refractivity contribution in [3.63, 3.8) is 0 Å². The summed E-state index contributed by atoms with van der Waals surface area (Å²) in [5, 5.41) is 0. The van der Waals surface area contributed by atoms with Crippen LogP contribution in [0.4, 0.5) is 0 Å². The minimum Gasteiger partial charge on any atom is -0.497 e. The van der Waals surface area contributed by atoms with E-state index in [0.717, 1.165) is 15.1 Å². The van der Waals surface area contributed by atoms with Crippen LogP contribution < -0.4 is 4.74 Å². The summed E-state index contributed by atoms with van der Waals surface area (Å²) in [5.41, 5.74) is 0.515. The quantitative estimate of drug-likeness (QED) is 0.386. The van der Waals surface area contributed by atoms with Gasteiger partial charge in [-0.25, -0.2) is 0 Å². The van der Waals surface area contributed by atoms with Gasteiger partial charge in [0.05, 0.1) is 12.9 Å². The first-order valence-electron chi connectivity index (χ1n) is 7.25. The van der Waals surface area contributed by atoms with E-state index in [0.29, 0.717) is 5.56 Å². The lowest BCUT2D eigenvalue weighted by Gasteiger charge is -2.12. The predicted octanol–water partition coefficient (Wildman–Crippen LogP) is 4.36. The Kier molecular flexibility index (Phi) is 6.87. The van der Waals surface area contributed by atoms with E-state index < -0.39 is 12.1 Å². The Hall–Kier alpha value is -1.79. The zero-order valence-electron chi connectivity index (χ0n) is 13.3. The molecular weight excluding hydrogens is 392 g/mol. The Morgan fingerprint density at radius 1 is 1.08 bits per heavy atom. The van der Waals surface area contributed by atoms with Gasteiger partial charge in [-0.3, -0.25) is 9.59 Å². The summed E-state index contributed by atoms with van der Waals surface area (Å²) < 4.78 is 11.2. The number of ether oxygens (including phenoxy) is 2. The minimum atomic E-state index is -0.810. The van der Waals surface area contributed by atoms with Crippen molar-refractivity contribution < 1.29 is 19.1 Å². The van der Waals surface area contributed by atoms with Crippen molar-refractivity contribution in [1.82, 2.24) is 0 Å². The Labute approximate surface area is 153 Å². The number of methoxy groups -OCH3 is 1. The van der Waals surface area contributed by atoms with Crippen LogP contribution in [0.1, 0.15) is 17.3 Å². The number of carbonyl (C=O) groups excluding carboxylic acids is 2. The average Bonchev–Trinajstić information content (AvgIpc) is 2.60. The molecule has 1 atom stereocenters. The van der Waals surface area contributed by atoms with E-state index in [1.165, 1.54) is 11.8 Å². The van der Waals surface area contributed by atoms with Crippen LogP contribution in [0.3, 0.4) is 0 Å². The molecule has 0 spiro atoms. The molecule has 0 heterocycles. The largest absolute Gasteiger partial charge is 0.497 e. The summed E-state index contributed by atoms with van der Waals surface area (Å²) >= 11 is 4.67. The van der Waals surface area contributed by atoms with Crippen molar-refractivity contribution in [3.05, 3.63) is 58.6 Å². The molecule has 24 heavy (non-hydrogen) atoms. The summed E-state index contributed by atoms with van der Waals surface area (Å²) in [4.78, 5) is 25.1. The average molecular weight is 409 g/mol. The molecule has 0 N–H and O–H groups in total. The highest BCUT2D eigenvalue weighted by molar-refractivity contribution is 9.10. The molecular formula is C18H17BrO4S. The van der Waals surface area contributed by atoms with Crippen molar-refractivity contribution >= 4 is 39.4 Å². The van der Waals surface area contributed by atoms with Crippen LogP contribution in [0.15, 0.2) is 57.9 Å². The second kappa shape index (κ2) is 8.89. The summed E-state index contributed by atoms with van der Waals surface area (Å²) in [5.74, 6) is 0.263. The Bertz CT molecular complexity index is 698. The molecule has 2 aromatic carbocycles.